The van der Waals surface area contributed by atoms with E-state index in [1.54, 1.807) is 0 Å². The van der Waals surface area contributed by atoms with Crippen LogP contribution in [0, 0.1) is 38.7 Å². The Labute approximate surface area is 203 Å². The third-order valence-electron chi connectivity index (χ3n) is 9.99. The summed E-state index contributed by atoms with van der Waals surface area (Å²) in [7, 11) is -2.86. The van der Waals surface area contributed by atoms with Crippen molar-refractivity contribution in [3.05, 3.63) is 34.4 Å². The number of carbonyl (C=O) groups excluding carboxylic acids is 2. The van der Waals surface area contributed by atoms with Crippen LogP contribution in [0.2, 0.25) is 0 Å². The van der Waals surface area contributed by atoms with E-state index in [4.69, 9.17) is 4.74 Å². The number of methoxy groups -OCH3 is 1. The Morgan fingerprint density at radius 2 is 1.83 bits per heavy atom. The van der Waals surface area contributed by atoms with Gasteiger partial charge in [-0.1, -0.05) is 12.1 Å². The molecular formula is C24H29N3O7S. The number of esters is 1. The van der Waals surface area contributed by atoms with Crippen LogP contribution in [0.15, 0.2) is 29.2 Å². The van der Waals surface area contributed by atoms with Gasteiger partial charge in [-0.2, -0.15) is 4.72 Å². The fourth-order valence-corrected chi connectivity index (χ4v) is 10.0. The van der Waals surface area contributed by atoms with Crippen molar-refractivity contribution in [3.63, 3.8) is 0 Å². The number of nitrogens with zero attached hydrogens (tertiary/aromatic N) is 1. The van der Waals surface area contributed by atoms with Crippen molar-refractivity contribution >= 4 is 27.6 Å². The molecule has 0 heterocycles. The van der Waals surface area contributed by atoms with Crippen LogP contribution >= 0.6 is 0 Å². The highest BCUT2D eigenvalue weighted by Gasteiger charge is 2.79. The molecule has 188 valence electrons. The van der Waals surface area contributed by atoms with E-state index in [-0.39, 0.29) is 35.2 Å². The Hall–Kier alpha value is -2.53. The van der Waals surface area contributed by atoms with E-state index in [0.717, 1.165) is 31.7 Å². The zero-order valence-electron chi connectivity index (χ0n) is 19.5. The molecule has 35 heavy (non-hydrogen) atoms. The number of rotatable bonds is 7. The summed E-state index contributed by atoms with van der Waals surface area (Å²) in [5.74, 6) is 0.404. The number of fused-ring (bicyclic) bond motifs is 2. The molecule has 1 aromatic carbocycles. The van der Waals surface area contributed by atoms with Gasteiger partial charge in [-0.3, -0.25) is 19.7 Å². The summed E-state index contributed by atoms with van der Waals surface area (Å²) < 4.78 is 34.1. The van der Waals surface area contributed by atoms with E-state index in [1.165, 1.54) is 25.3 Å². The summed E-state index contributed by atoms with van der Waals surface area (Å²) >= 11 is 0. The van der Waals surface area contributed by atoms with Crippen LogP contribution in [-0.2, 0) is 24.3 Å². The van der Waals surface area contributed by atoms with Gasteiger partial charge in [-0.15, -0.1) is 0 Å². The number of nitro benzene ring substituents is 1. The number of nitrogens with one attached hydrogen (secondary N) is 2. The van der Waals surface area contributed by atoms with Crippen molar-refractivity contribution in [2.24, 2.45) is 28.6 Å². The van der Waals surface area contributed by atoms with Gasteiger partial charge in [0.2, 0.25) is 15.9 Å². The monoisotopic (exact) mass is 503 g/mol. The van der Waals surface area contributed by atoms with Crippen LogP contribution in [0.5, 0.6) is 0 Å². The lowest BCUT2D eigenvalue weighted by atomic mass is 9.46. The number of benzene rings is 1. The van der Waals surface area contributed by atoms with Gasteiger partial charge in [0.25, 0.3) is 5.69 Å². The molecule has 5 fully saturated rings. The Morgan fingerprint density at radius 1 is 1.11 bits per heavy atom. The molecule has 5 aliphatic carbocycles. The van der Waals surface area contributed by atoms with E-state index in [0.29, 0.717) is 31.6 Å². The Morgan fingerprint density at radius 3 is 2.49 bits per heavy atom. The maximum atomic E-state index is 13.6. The Kier molecular flexibility index (Phi) is 4.75. The van der Waals surface area contributed by atoms with E-state index in [2.05, 4.69) is 10.0 Å². The zero-order valence-corrected chi connectivity index (χ0v) is 20.3. The number of nitro groups is 1. The molecule has 0 radical (unpaired) electrons. The fraction of sp³-hybridized carbons (Fsp3) is 0.667. The molecule has 3 bridgehead atoms. The van der Waals surface area contributed by atoms with E-state index in [9.17, 15) is 28.1 Å². The number of hydrogen-bond donors (Lipinski definition) is 2. The molecule has 1 amide bonds. The molecular weight excluding hydrogens is 474 g/mol. The summed E-state index contributed by atoms with van der Waals surface area (Å²) in [5, 5.41) is 14.6. The van der Waals surface area contributed by atoms with Gasteiger partial charge in [-0.25, -0.2) is 8.42 Å². The molecule has 5 aliphatic rings. The molecule has 0 saturated heterocycles. The summed E-state index contributed by atoms with van der Waals surface area (Å²) in [4.78, 5) is 36.6. The minimum absolute atomic E-state index is 0.00134. The quantitative estimate of drug-likeness (QED) is 0.330. The highest BCUT2D eigenvalue weighted by atomic mass is 32.2. The summed E-state index contributed by atoms with van der Waals surface area (Å²) in [6, 6.07) is 5.04. The van der Waals surface area contributed by atoms with Crippen LogP contribution in [-0.4, -0.2) is 43.9 Å². The van der Waals surface area contributed by atoms with E-state index in [1.807, 2.05) is 0 Å². The number of amides is 1. The van der Waals surface area contributed by atoms with Crippen LogP contribution in [0.3, 0.4) is 0 Å². The van der Waals surface area contributed by atoms with E-state index < -0.39 is 36.5 Å². The van der Waals surface area contributed by atoms with Crippen molar-refractivity contribution in [3.8, 4) is 0 Å². The van der Waals surface area contributed by atoms with Crippen molar-refractivity contribution < 1.29 is 27.7 Å². The molecule has 6 unspecified atom stereocenters. The van der Waals surface area contributed by atoms with Gasteiger partial charge in [-0.05, 0) is 80.6 Å². The first-order chi connectivity index (χ1) is 16.6. The molecule has 0 aliphatic heterocycles. The molecule has 10 nitrogen and oxygen atoms in total. The first kappa shape index (κ1) is 22.9. The standard InChI is InChI=1S/C24H29N3O7S/c1-34-21(29)23-12-15-11-22(23)10-14(9-16(22)13-23)19(15)25-20(28)24(7-4-8-24)26-35(32,33)18-6-3-2-5-17(18)27(30)31/h2-3,5-6,14-16,19,26H,4,7-13H2,1H3,(H,25,28). The molecule has 6 rings (SSSR count). The molecule has 5 saturated carbocycles. The maximum Gasteiger partial charge on any atom is 0.312 e. The Bertz CT molecular complexity index is 1240. The molecule has 1 spiro atoms. The van der Waals surface area contributed by atoms with Gasteiger partial charge in [0.1, 0.15) is 5.54 Å². The van der Waals surface area contributed by atoms with Gasteiger partial charge in [0.15, 0.2) is 4.90 Å². The third-order valence-corrected chi connectivity index (χ3v) is 11.6. The Balaban J connectivity index is 1.24. The molecule has 2 N–H and O–H groups in total. The van der Waals surface area contributed by atoms with Crippen molar-refractivity contribution in [2.45, 2.75) is 67.8 Å². The second-order valence-corrected chi connectivity index (χ2v) is 12.9. The van der Waals surface area contributed by atoms with Crippen molar-refractivity contribution in [1.29, 1.82) is 0 Å². The number of para-hydroxylation sites is 1. The van der Waals surface area contributed by atoms with Gasteiger partial charge in [0, 0.05) is 12.1 Å². The molecule has 6 atom stereocenters. The van der Waals surface area contributed by atoms with Crippen LogP contribution < -0.4 is 10.0 Å². The average Bonchev–Trinajstić information content (AvgIpc) is 3.17. The lowest BCUT2D eigenvalue weighted by molar-refractivity contribution is -0.387. The number of carbonyl (C=O) groups is 2. The normalized spacial score (nSPS) is 37.6. The van der Waals surface area contributed by atoms with Gasteiger partial charge >= 0.3 is 5.97 Å². The topological polar surface area (TPSA) is 145 Å². The predicted molar refractivity (Wildman–Crippen MR) is 122 cm³/mol. The predicted octanol–water partition coefficient (Wildman–Crippen LogP) is 2.28. The van der Waals surface area contributed by atoms with Gasteiger partial charge in [0.05, 0.1) is 17.4 Å². The zero-order chi connectivity index (χ0) is 24.8. The lowest BCUT2D eigenvalue weighted by Crippen LogP contribution is -2.65. The summed E-state index contributed by atoms with van der Waals surface area (Å²) in [6.45, 7) is 0. The second-order valence-electron chi connectivity index (χ2n) is 11.3. The van der Waals surface area contributed by atoms with E-state index >= 15 is 0 Å². The minimum Gasteiger partial charge on any atom is -0.469 e. The van der Waals surface area contributed by atoms with Gasteiger partial charge < -0.3 is 10.1 Å². The first-order valence-corrected chi connectivity index (χ1v) is 13.7. The second kappa shape index (κ2) is 7.25. The smallest absolute Gasteiger partial charge is 0.312 e. The minimum atomic E-state index is -4.30. The number of sulfonamides is 1. The number of hydrogen-bond acceptors (Lipinski definition) is 7. The molecule has 1 aromatic rings. The largest absolute Gasteiger partial charge is 0.469 e. The van der Waals surface area contributed by atoms with Crippen molar-refractivity contribution in [1.82, 2.24) is 10.0 Å². The highest BCUT2D eigenvalue weighted by Crippen LogP contribution is 2.81. The first-order valence-electron chi connectivity index (χ1n) is 12.2. The van der Waals surface area contributed by atoms with Crippen LogP contribution in [0.25, 0.3) is 0 Å². The van der Waals surface area contributed by atoms with Crippen molar-refractivity contribution in [2.75, 3.05) is 7.11 Å². The fourth-order valence-electron chi connectivity index (χ4n) is 8.44. The van der Waals surface area contributed by atoms with Crippen LogP contribution in [0.1, 0.15) is 51.4 Å². The SMILES string of the molecule is COC(=O)C12CC3CC14CC(CC4C2)C3NC(=O)C1(NS(=O)(=O)c2ccccc2[N+](=O)[O-])CCC1. The summed E-state index contributed by atoms with van der Waals surface area (Å²) in [6.07, 6.45) is 5.67. The molecule has 0 aromatic heterocycles. The highest BCUT2D eigenvalue weighted by molar-refractivity contribution is 7.89. The average molecular weight is 504 g/mol. The lowest BCUT2D eigenvalue weighted by Gasteiger charge is -2.56. The molecule has 11 heteroatoms. The maximum absolute atomic E-state index is 13.6. The summed E-state index contributed by atoms with van der Waals surface area (Å²) in [5.41, 5.74) is -2.29. The third kappa shape index (κ3) is 2.88. The number of ether oxygens (including phenoxy) is 1. The van der Waals surface area contributed by atoms with Crippen LogP contribution in [0.4, 0.5) is 5.69 Å².